The molecule has 2 aliphatic heterocycles. The summed E-state index contributed by atoms with van der Waals surface area (Å²) in [6, 6.07) is 10.8. The number of likely N-dealkylation sites (tertiary alicyclic amines) is 1. The van der Waals surface area contributed by atoms with Gasteiger partial charge in [0, 0.05) is 24.5 Å². The lowest BCUT2D eigenvalue weighted by molar-refractivity contribution is 0.0270. The maximum absolute atomic E-state index is 12.4. The van der Waals surface area contributed by atoms with Crippen LogP contribution in [0.5, 0.6) is 0 Å². The van der Waals surface area contributed by atoms with Crippen molar-refractivity contribution in [1.82, 2.24) is 24.8 Å². The van der Waals surface area contributed by atoms with Gasteiger partial charge in [-0.25, -0.2) is 14.8 Å². The lowest BCUT2D eigenvalue weighted by atomic mass is 9.89. The molecule has 0 radical (unpaired) electrons. The Kier molecular flexibility index (Phi) is 6.71. The Morgan fingerprint density at radius 3 is 2.67 bits per heavy atom. The zero-order chi connectivity index (χ0) is 25.3. The summed E-state index contributed by atoms with van der Waals surface area (Å²) in [5.41, 5.74) is 4.91. The smallest absolute Gasteiger partial charge is 0.410 e. The summed E-state index contributed by atoms with van der Waals surface area (Å²) in [6.07, 6.45) is 6.54. The van der Waals surface area contributed by atoms with E-state index < -0.39 is 5.60 Å². The second kappa shape index (κ2) is 9.93. The van der Waals surface area contributed by atoms with Gasteiger partial charge in [-0.2, -0.15) is 0 Å². The molecule has 190 valence electrons. The van der Waals surface area contributed by atoms with Gasteiger partial charge in [0.25, 0.3) is 0 Å². The van der Waals surface area contributed by atoms with E-state index in [9.17, 15) is 4.79 Å². The lowest BCUT2D eigenvalue weighted by Gasteiger charge is -2.29. The van der Waals surface area contributed by atoms with Gasteiger partial charge in [-0.3, -0.25) is 0 Å². The summed E-state index contributed by atoms with van der Waals surface area (Å²) in [5.74, 6) is 1.39. The van der Waals surface area contributed by atoms with Crippen molar-refractivity contribution in [3.63, 3.8) is 0 Å². The zero-order valence-corrected chi connectivity index (χ0v) is 21.7. The fourth-order valence-corrected chi connectivity index (χ4v) is 4.97. The van der Waals surface area contributed by atoms with Crippen LogP contribution in [0.25, 0.3) is 16.6 Å². The average Bonchev–Trinajstić information content (AvgIpc) is 3.29. The van der Waals surface area contributed by atoms with Crippen molar-refractivity contribution in [3.8, 4) is 0 Å². The molecule has 0 atom stereocenters. The van der Waals surface area contributed by atoms with Gasteiger partial charge in [0.1, 0.15) is 23.4 Å². The zero-order valence-electron chi connectivity index (χ0n) is 21.7. The van der Waals surface area contributed by atoms with E-state index in [1.54, 1.807) is 11.2 Å². The number of nitrogens with zero attached hydrogens (tertiary/aromatic N) is 4. The molecule has 1 aromatic carbocycles. The number of ether oxygens (including phenoxy) is 1. The molecule has 4 heterocycles. The number of carbonyl (C=O) groups excluding carboxylic acids is 1. The summed E-state index contributed by atoms with van der Waals surface area (Å²) >= 11 is 0. The highest BCUT2D eigenvalue weighted by atomic mass is 16.6. The van der Waals surface area contributed by atoms with E-state index in [2.05, 4.69) is 68.6 Å². The monoisotopic (exact) mass is 488 g/mol. The molecule has 8 heteroatoms. The fourth-order valence-electron chi connectivity index (χ4n) is 4.97. The molecule has 1 saturated heterocycles. The quantitative estimate of drug-likeness (QED) is 0.502. The SMILES string of the molecule is CN1CCC(c2cccc(Nc3ncnc4[nH]c(C5=CCN(C(=O)OC(C)(C)C)CC5)cc34)c2)CC1. The second-order valence-electron chi connectivity index (χ2n) is 10.9. The molecule has 0 unspecified atom stereocenters. The number of piperidine rings is 1. The highest BCUT2D eigenvalue weighted by Crippen LogP contribution is 2.32. The predicted molar refractivity (Wildman–Crippen MR) is 143 cm³/mol. The Morgan fingerprint density at radius 2 is 1.94 bits per heavy atom. The second-order valence-corrected chi connectivity index (χ2v) is 10.9. The van der Waals surface area contributed by atoms with Crippen molar-refractivity contribution in [2.45, 2.75) is 51.6 Å². The van der Waals surface area contributed by atoms with E-state index in [1.807, 2.05) is 20.8 Å². The number of aromatic amines is 1. The Labute approximate surface area is 212 Å². The summed E-state index contributed by atoms with van der Waals surface area (Å²) in [5, 5.41) is 4.48. The van der Waals surface area contributed by atoms with E-state index >= 15 is 0 Å². The number of carbonyl (C=O) groups is 1. The highest BCUT2D eigenvalue weighted by molar-refractivity contribution is 5.92. The number of hydrogen-bond acceptors (Lipinski definition) is 6. The Bertz CT molecular complexity index is 1270. The molecule has 1 amide bonds. The van der Waals surface area contributed by atoms with Crippen LogP contribution in [-0.2, 0) is 4.74 Å². The predicted octanol–water partition coefficient (Wildman–Crippen LogP) is 5.53. The van der Waals surface area contributed by atoms with Crippen LogP contribution in [0.4, 0.5) is 16.3 Å². The first-order valence-corrected chi connectivity index (χ1v) is 12.8. The Morgan fingerprint density at radius 1 is 1.14 bits per heavy atom. The van der Waals surface area contributed by atoms with E-state index in [0.717, 1.165) is 47.7 Å². The van der Waals surface area contributed by atoms with Crippen molar-refractivity contribution >= 4 is 34.2 Å². The molecule has 0 spiro atoms. The van der Waals surface area contributed by atoms with Gasteiger partial charge in [-0.1, -0.05) is 18.2 Å². The van der Waals surface area contributed by atoms with Crippen LogP contribution in [0, 0.1) is 0 Å². The van der Waals surface area contributed by atoms with Crippen LogP contribution in [-0.4, -0.2) is 69.7 Å². The molecule has 0 aliphatic carbocycles. The van der Waals surface area contributed by atoms with Crippen LogP contribution >= 0.6 is 0 Å². The van der Waals surface area contributed by atoms with Gasteiger partial charge < -0.3 is 24.8 Å². The number of fused-ring (bicyclic) bond motifs is 1. The van der Waals surface area contributed by atoms with Gasteiger partial charge in [-0.05, 0) is 95.4 Å². The molecular formula is C28H36N6O2. The first kappa shape index (κ1) is 24.3. The number of rotatable bonds is 4. The minimum atomic E-state index is -0.493. The van der Waals surface area contributed by atoms with Crippen LogP contribution < -0.4 is 5.32 Å². The minimum Gasteiger partial charge on any atom is -0.444 e. The fraction of sp³-hybridized carbons (Fsp3) is 0.464. The molecule has 5 rings (SSSR count). The minimum absolute atomic E-state index is 0.269. The van der Waals surface area contributed by atoms with Gasteiger partial charge in [0.05, 0.1) is 5.39 Å². The van der Waals surface area contributed by atoms with E-state index in [0.29, 0.717) is 19.0 Å². The molecule has 1 fully saturated rings. The maximum Gasteiger partial charge on any atom is 0.410 e. The van der Waals surface area contributed by atoms with Crippen LogP contribution in [0.2, 0.25) is 0 Å². The molecule has 2 N–H and O–H groups in total. The first-order chi connectivity index (χ1) is 17.2. The molecular weight excluding hydrogens is 452 g/mol. The van der Waals surface area contributed by atoms with Crippen LogP contribution in [0.1, 0.15) is 57.2 Å². The topological polar surface area (TPSA) is 86.4 Å². The first-order valence-electron chi connectivity index (χ1n) is 12.8. The lowest BCUT2D eigenvalue weighted by Crippen LogP contribution is -2.39. The van der Waals surface area contributed by atoms with E-state index in [4.69, 9.17) is 4.74 Å². The van der Waals surface area contributed by atoms with Crippen molar-refractivity contribution in [3.05, 3.63) is 54.0 Å². The Balaban J connectivity index is 1.32. The highest BCUT2D eigenvalue weighted by Gasteiger charge is 2.24. The maximum atomic E-state index is 12.4. The molecule has 8 nitrogen and oxygen atoms in total. The third-order valence-electron chi connectivity index (χ3n) is 6.97. The van der Waals surface area contributed by atoms with Crippen LogP contribution in [0.15, 0.2) is 42.7 Å². The largest absolute Gasteiger partial charge is 0.444 e. The number of benzene rings is 1. The summed E-state index contributed by atoms with van der Waals surface area (Å²) < 4.78 is 5.51. The normalized spacial score (nSPS) is 17.8. The summed E-state index contributed by atoms with van der Waals surface area (Å²) in [4.78, 5) is 29.0. The van der Waals surface area contributed by atoms with Crippen molar-refractivity contribution in [2.75, 3.05) is 38.5 Å². The third kappa shape index (κ3) is 5.54. The van der Waals surface area contributed by atoms with Gasteiger partial charge >= 0.3 is 6.09 Å². The average molecular weight is 489 g/mol. The number of amides is 1. The van der Waals surface area contributed by atoms with Gasteiger partial charge in [-0.15, -0.1) is 0 Å². The van der Waals surface area contributed by atoms with E-state index in [1.165, 1.54) is 24.0 Å². The Hall–Kier alpha value is -3.39. The van der Waals surface area contributed by atoms with Crippen molar-refractivity contribution in [1.29, 1.82) is 0 Å². The van der Waals surface area contributed by atoms with Crippen LogP contribution in [0.3, 0.4) is 0 Å². The molecule has 3 aromatic rings. The number of anilines is 2. The van der Waals surface area contributed by atoms with Gasteiger partial charge in [0.15, 0.2) is 0 Å². The molecule has 2 aromatic heterocycles. The number of hydrogen-bond donors (Lipinski definition) is 2. The molecule has 36 heavy (non-hydrogen) atoms. The number of nitrogens with one attached hydrogen (secondary N) is 2. The molecule has 2 aliphatic rings. The number of aromatic nitrogens is 3. The van der Waals surface area contributed by atoms with Gasteiger partial charge in [0.2, 0.25) is 0 Å². The number of H-pyrrole nitrogens is 1. The summed E-state index contributed by atoms with van der Waals surface area (Å²) in [6.45, 7) is 9.10. The standard InChI is InChI=1S/C28H36N6O2/c1-28(2,3)36-27(35)34-14-10-20(11-15-34)24-17-23-25(29-18-30-26(23)32-24)31-22-7-5-6-21(16-22)19-8-12-33(4)13-9-19/h5-7,10,16-19H,8-9,11-15H2,1-4H3,(H2,29,30,31,32). The molecule has 0 saturated carbocycles. The molecule has 0 bridgehead atoms. The van der Waals surface area contributed by atoms with E-state index in [-0.39, 0.29) is 6.09 Å². The third-order valence-corrected chi connectivity index (χ3v) is 6.97. The van der Waals surface area contributed by atoms with Crippen molar-refractivity contribution < 1.29 is 9.53 Å². The van der Waals surface area contributed by atoms with Crippen molar-refractivity contribution in [2.24, 2.45) is 0 Å². The summed E-state index contributed by atoms with van der Waals surface area (Å²) in [7, 11) is 2.19.